The molecule has 0 bridgehead atoms. The van der Waals surface area contributed by atoms with Crippen LogP contribution in [0.3, 0.4) is 0 Å². The van der Waals surface area contributed by atoms with Crippen LogP contribution in [0.15, 0.2) is 18.3 Å². The van der Waals surface area contributed by atoms with Gasteiger partial charge in [-0.3, -0.25) is 4.79 Å². The summed E-state index contributed by atoms with van der Waals surface area (Å²) in [6, 6.07) is 3.75. The molecule has 1 atom stereocenters. The van der Waals surface area contributed by atoms with Gasteiger partial charge < -0.3 is 15.5 Å². The van der Waals surface area contributed by atoms with E-state index in [0.717, 1.165) is 37.6 Å². The zero-order chi connectivity index (χ0) is 13.0. The lowest BCUT2D eigenvalue weighted by Crippen LogP contribution is -2.25. The molecule has 0 spiro atoms. The van der Waals surface area contributed by atoms with E-state index < -0.39 is 0 Å². The highest BCUT2D eigenvalue weighted by Crippen LogP contribution is 2.17. The first-order chi connectivity index (χ1) is 8.69. The van der Waals surface area contributed by atoms with E-state index in [1.165, 1.54) is 0 Å². The first-order valence-corrected chi connectivity index (χ1v) is 6.38. The van der Waals surface area contributed by atoms with E-state index in [1.807, 2.05) is 26.1 Å². The number of hydrogen-bond donors (Lipinski definition) is 2. The van der Waals surface area contributed by atoms with E-state index in [4.69, 9.17) is 0 Å². The van der Waals surface area contributed by atoms with Crippen molar-refractivity contribution < 1.29 is 4.79 Å². The molecule has 0 aliphatic carbocycles. The fourth-order valence-corrected chi connectivity index (χ4v) is 2.15. The zero-order valence-corrected chi connectivity index (χ0v) is 10.9. The van der Waals surface area contributed by atoms with Gasteiger partial charge in [0.15, 0.2) is 0 Å². The van der Waals surface area contributed by atoms with Crippen LogP contribution in [-0.4, -0.2) is 42.5 Å². The summed E-state index contributed by atoms with van der Waals surface area (Å²) < 4.78 is 0. The number of nitrogens with zero attached hydrogens (tertiary/aromatic N) is 2. The number of likely N-dealkylation sites (tertiary alicyclic amines) is 1. The fraction of sp³-hybridized carbons (Fsp3) is 0.538. The van der Waals surface area contributed by atoms with Crippen LogP contribution in [0.5, 0.6) is 0 Å². The van der Waals surface area contributed by atoms with Gasteiger partial charge in [0.25, 0.3) is 0 Å². The smallest absolute Gasteiger partial charge is 0.228 e. The molecule has 1 fully saturated rings. The number of pyridine rings is 1. The lowest BCUT2D eigenvalue weighted by atomic mass is 10.1. The summed E-state index contributed by atoms with van der Waals surface area (Å²) in [5.74, 6) is 1.02. The van der Waals surface area contributed by atoms with Crippen LogP contribution in [0.4, 0.5) is 11.5 Å². The van der Waals surface area contributed by atoms with Crippen molar-refractivity contribution in [1.82, 2.24) is 9.88 Å². The highest BCUT2D eigenvalue weighted by molar-refractivity contribution is 5.92. The van der Waals surface area contributed by atoms with Crippen molar-refractivity contribution in [2.45, 2.75) is 13.3 Å². The monoisotopic (exact) mass is 248 g/mol. The van der Waals surface area contributed by atoms with Crippen LogP contribution in [0.1, 0.15) is 13.3 Å². The number of aromatic nitrogens is 1. The number of anilines is 2. The molecule has 1 unspecified atom stereocenters. The molecule has 2 rings (SSSR count). The Kier molecular flexibility index (Phi) is 4.15. The SMILES string of the molecule is CCNc1ccc(NC(=O)C2CCN(C)C2)cn1. The Hall–Kier alpha value is -1.62. The average Bonchev–Trinajstić information content (AvgIpc) is 2.79. The van der Waals surface area contributed by atoms with Crippen LogP contribution in [0.2, 0.25) is 0 Å². The summed E-state index contributed by atoms with van der Waals surface area (Å²) in [4.78, 5) is 18.4. The standard InChI is InChI=1S/C13H20N4O/c1-3-14-12-5-4-11(8-15-12)16-13(18)10-6-7-17(2)9-10/h4-5,8,10H,3,6-7,9H2,1-2H3,(H,14,15)(H,16,18). The Labute approximate surface area is 108 Å². The van der Waals surface area contributed by atoms with Gasteiger partial charge >= 0.3 is 0 Å². The van der Waals surface area contributed by atoms with Gasteiger partial charge in [0, 0.05) is 13.1 Å². The maximum absolute atomic E-state index is 12.0. The normalized spacial score (nSPS) is 19.8. The maximum atomic E-state index is 12.0. The van der Waals surface area contributed by atoms with E-state index in [1.54, 1.807) is 6.20 Å². The lowest BCUT2D eigenvalue weighted by molar-refractivity contribution is -0.119. The molecular formula is C13H20N4O. The second-order valence-electron chi connectivity index (χ2n) is 4.70. The second-order valence-corrected chi connectivity index (χ2v) is 4.70. The molecular weight excluding hydrogens is 228 g/mol. The molecule has 1 aliphatic rings. The largest absolute Gasteiger partial charge is 0.370 e. The van der Waals surface area contributed by atoms with Crippen molar-refractivity contribution in [2.24, 2.45) is 5.92 Å². The van der Waals surface area contributed by atoms with Gasteiger partial charge in [0.2, 0.25) is 5.91 Å². The molecule has 1 aromatic heterocycles. The maximum Gasteiger partial charge on any atom is 0.228 e. The number of amides is 1. The van der Waals surface area contributed by atoms with E-state index in [2.05, 4.69) is 20.5 Å². The molecule has 1 amide bonds. The number of hydrogen-bond acceptors (Lipinski definition) is 4. The van der Waals surface area contributed by atoms with Crippen molar-refractivity contribution in [3.63, 3.8) is 0 Å². The van der Waals surface area contributed by atoms with Crippen molar-refractivity contribution >= 4 is 17.4 Å². The van der Waals surface area contributed by atoms with Crippen LogP contribution >= 0.6 is 0 Å². The third-order valence-corrected chi connectivity index (χ3v) is 3.15. The summed E-state index contributed by atoms with van der Waals surface area (Å²) in [7, 11) is 2.04. The van der Waals surface area contributed by atoms with Gasteiger partial charge in [0.05, 0.1) is 17.8 Å². The van der Waals surface area contributed by atoms with Gasteiger partial charge in [0.1, 0.15) is 5.82 Å². The quantitative estimate of drug-likeness (QED) is 0.845. The molecule has 1 aliphatic heterocycles. The van der Waals surface area contributed by atoms with Crippen LogP contribution < -0.4 is 10.6 Å². The Morgan fingerprint density at radius 1 is 1.56 bits per heavy atom. The summed E-state index contributed by atoms with van der Waals surface area (Å²) in [6.45, 7) is 4.70. The van der Waals surface area contributed by atoms with Crippen LogP contribution in [-0.2, 0) is 4.79 Å². The number of carbonyl (C=O) groups is 1. The minimum Gasteiger partial charge on any atom is -0.370 e. The highest BCUT2D eigenvalue weighted by atomic mass is 16.1. The molecule has 0 saturated carbocycles. The minimum absolute atomic E-state index is 0.0948. The van der Waals surface area contributed by atoms with Gasteiger partial charge in [-0.1, -0.05) is 0 Å². The first-order valence-electron chi connectivity index (χ1n) is 6.38. The molecule has 1 saturated heterocycles. The molecule has 2 N–H and O–H groups in total. The molecule has 0 aromatic carbocycles. The predicted octanol–water partition coefficient (Wildman–Crippen LogP) is 1.40. The van der Waals surface area contributed by atoms with Gasteiger partial charge in [-0.25, -0.2) is 4.98 Å². The van der Waals surface area contributed by atoms with Crippen molar-refractivity contribution in [1.29, 1.82) is 0 Å². The summed E-state index contributed by atoms with van der Waals surface area (Å²) >= 11 is 0. The fourth-order valence-electron chi connectivity index (χ4n) is 2.15. The van der Waals surface area contributed by atoms with E-state index in [-0.39, 0.29) is 11.8 Å². The highest BCUT2D eigenvalue weighted by Gasteiger charge is 2.25. The first kappa shape index (κ1) is 12.8. The van der Waals surface area contributed by atoms with Crippen molar-refractivity contribution in [3.05, 3.63) is 18.3 Å². The Morgan fingerprint density at radius 2 is 2.39 bits per heavy atom. The number of nitrogens with one attached hydrogen (secondary N) is 2. The molecule has 5 nitrogen and oxygen atoms in total. The van der Waals surface area contributed by atoms with E-state index >= 15 is 0 Å². The third kappa shape index (κ3) is 3.20. The molecule has 98 valence electrons. The molecule has 1 aromatic rings. The van der Waals surface area contributed by atoms with Crippen LogP contribution in [0, 0.1) is 5.92 Å². The summed E-state index contributed by atoms with van der Waals surface area (Å²) in [5, 5.41) is 6.04. The topological polar surface area (TPSA) is 57.3 Å². The molecule has 18 heavy (non-hydrogen) atoms. The summed E-state index contributed by atoms with van der Waals surface area (Å²) in [6.07, 6.45) is 2.62. The van der Waals surface area contributed by atoms with Crippen molar-refractivity contribution in [2.75, 3.05) is 37.3 Å². The molecule has 5 heteroatoms. The van der Waals surface area contributed by atoms with Crippen molar-refractivity contribution in [3.8, 4) is 0 Å². The second kappa shape index (κ2) is 5.82. The average molecular weight is 248 g/mol. The minimum atomic E-state index is 0.0948. The van der Waals surface area contributed by atoms with E-state index in [9.17, 15) is 4.79 Å². The molecule has 2 heterocycles. The van der Waals surface area contributed by atoms with E-state index in [0.29, 0.717) is 0 Å². The molecule has 0 radical (unpaired) electrons. The number of rotatable bonds is 4. The Morgan fingerprint density at radius 3 is 2.94 bits per heavy atom. The lowest BCUT2D eigenvalue weighted by Gasteiger charge is -2.11. The summed E-state index contributed by atoms with van der Waals surface area (Å²) in [5.41, 5.74) is 0.760. The Balaban J connectivity index is 1.90. The third-order valence-electron chi connectivity index (χ3n) is 3.15. The van der Waals surface area contributed by atoms with Gasteiger partial charge in [-0.15, -0.1) is 0 Å². The zero-order valence-electron chi connectivity index (χ0n) is 10.9. The Bertz CT molecular complexity index is 404. The number of carbonyl (C=O) groups excluding carboxylic acids is 1. The van der Waals surface area contributed by atoms with Gasteiger partial charge in [-0.2, -0.15) is 0 Å². The van der Waals surface area contributed by atoms with Crippen LogP contribution in [0.25, 0.3) is 0 Å². The van der Waals surface area contributed by atoms with Gasteiger partial charge in [-0.05, 0) is 39.1 Å². The predicted molar refractivity (Wildman–Crippen MR) is 72.6 cm³/mol.